The fraction of sp³-hybridized carbons (Fsp3) is 1.00. The summed E-state index contributed by atoms with van der Waals surface area (Å²) in [6.45, 7) is 16.5. The second-order valence-electron chi connectivity index (χ2n) is 6.53. The van der Waals surface area contributed by atoms with Crippen molar-refractivity contribution < 1.29 is 33.2 Å². The minimum atomic E-state index is -0.497. The first-order valence-corrected chi connectivity index (χ1v) is 10.3. The molecular formula is C20H42O7. The van der Waals surface area contributed by atoms with Crippen LogP contribution in [0.2, 0.25) is 0 Å². The summed E-state index contributed by atoms with van der Waals surface area (Å²) in [5.74, 6) is 0. The van der Waals surface area contributed by atoms with Gasteiger partial charge in [-0.1, -0.05) is 26.7 Å². The normalized spacial score (nSPS) is 18.7. The lowest BCUT2D eigenvalue weighted by molar-refractivity contribution is -0.332. The largest absolute Gasteiger partial charge is 0.353 e. The van der Waals surface area contributed by atoms with Crippen LogP contribution >= 0.6 is 0 Å². The van der Waals surface area contributed by atoms with Crippen molar-refractivity contribution in [3.05, 3.63) is 0 Å². The van der Waals surface area contributed by atoms with Crippen molar-refractivity contribution in [3.8, 4) is 0 Å². The highest BCUT2D eigenvalue weighted by Gasteiger charge is 2.18. The molecule has 6 atom stereocenters. The molecule has 0 aromatic carbocycles. The van der Waals surface area contributed by atoms with Crippen molar-refractivity contribution in [1.29, 1.82) is 0 Å². The van der Waals surface area contributed by atoms with Crippen LogP contribution in [0.25, 0.3) is 0 Å². The molecule has 0 aliphatic carbocycles. The van der Waals surface area contributed by atoms with Gasteiger partial charge in [0.2, 0.25) is 0 Å². The van der Waals surface area contributed by atoms with Crippen molar-refractivity contribution in [2.75, 3.05) is 13.2 Å². The molecule has 0 saturated carbocycles. The Bertz CT molecular complexity index is 299. The number of hydrogen-bond donors (Lipinski definition) is 0. The Morgan fingerprint density at radius 3 is 0.963 bits per heavy atom. The molecule has 6 unspecified atom stereocenters. The average Bonchev–Trinajstić information content (AvgIpc) is 2.54. The molecule has 0 aliphatic heterocycles. The van der Waals surface area contributed by atoms with Crippen LogP contribution < -0.4 is 0 Å². The third kappa shape index (κ3) is 16.4. The van der Waals surface area contributed by atoms with Crippen molar-refractivity contribution in [2.24, 2.45) is 0 Å². The Kier molecular flexibility index (Phi) is 16.5. The van der Waals surface area contributed by atoms with Gasteiger partial charge in [0.1, 0.15) is 0 Å². The van der Waals surface area contributed by atoms with Crippen LogP contribution in [0.3, 0.4) is 0 Å². The van der Waals surface area contributed by atoms with E-state index >= 15 is 0 Å². The second-order valence-corrected chi connectivity index (χ2v) is 6.53. The van der Waals surface area contributed by atoms with Crippen molar-refractivity contribution in [3.63, 3.8) is 0 Å². The van der Waals surface area contributed by atoms with Gasteiger partial charge in [-0.05, 0) is 54.4 Å². The predicted octanol–water partition coefficient (Wildman–Crippen LogP) is 4.78. The molecule has 0 aromatic rings. The van der Waals surface area contributed by atoms with E-state index in [9.17, 15) is 0 Å². The van der Waals surface area contributed by atoms with Gasteiger partial charge in [-0.3, -0.25) is 0 Å². The van der Waals surface area contributed by atoms with E-state index in [0.29, 0.717) is 13.2 Å². The summed E-state index contributed by atoms with van der Waals surface area (Å²) in [4.78, 5) is 0. The molecule has 7 heteroatoms. The monoisotopic (exact) mass is 394 g/mol. The molecule has 0 aliphatic rings. The SMILES string of the molecule is CCCCOC(C)OC(C)OC(C)OC(C)OC(C)OC(C)OCCCC. The Labute approximate surface area is 165 Å². The Balaban J connectivity index is 3.96. The van der Waals surface area contributed by atoms with E-state index in [2.05, 4.69) is 13.8 Å². The van der Waals surface area contributed by atoms with Crippen LogP contribution in [0, 0.1) is 0 Å². The molecule has 0 heterocycles. The van der Waals surface area contributed by atoms with Gasteiger partial charge in [0.25, 0.3) is 0 Å². The van der Waals surface area contributed by atoms with Crippen LogP contribution in [0.4, 0.5) is 0 Å². The quantitative estimate of drug-likeness (QED) is 0.245. The number of ether oxygens (including phenoxy) is 7. The molecule has 0 aromatic heterocycles. The fourth-order valence-electron chi connectivity index (χ4n) is 2.34. The highest BCUT2D eigenvalue weighted by molar-refractivity contribution is 4.44. The number of rotatable bonds is 18. The van der Waals surface area contributed by atoms with Gasteiger partial charge in [-0.25, -0.2) is 0 Å². The lowest BCUT2D eigenvalue weighted by atomic mass is 10.4. The van der Waals surface area contributed by atoms with Gasteiger partial charge in [0.15, 0.2) is 37.7 Å². The molecule has 0 spiro atoms. The maximum atomic E-state index is 5.67. The van der Waals surface area contributed by atoms with E-state index in [1.165, 1.54) is 0 Å². The number of hydrogen-bond acceptors (Lipinski definition) is 7. The molecule has 0 rings (SSSR count). The average molecular weight is 395 g/mol. The van der Waals surface area contributed by atoms with E-state index in [1.807, 2.05) is 27.7 Å². The van der Waals surface area contributed by atoms with Crippen molar-refractivity contribution in [1.82, 2.24) is 0 Å². The third-order valence-electron chi connectivity index (χ3n) is 3.62. The first kappa shape index (κ1) is 26.7. The summed E-state index contributed by atoms with van der Waals surface area (Å²) in [6, 6.07) is 0. The van der Waals surface area contributed by atoms with Gasteiger partial charge in [0, 0.05) is 13.2 Å². The predicted molar refractivity (Wildman–Crippen MR) is 104 cm³/mol. The highest BCUT2D eigenvalue weighted by Crippen LogP contribution is 2.11. The van der Waals surface area contributed by atoms with Gasteiger partial charge in [-0.15, -0.1) is 0 Å². The topological polar surface area (TPSA) is 64.6 Å². The van der Waals surface area contributed by atoms with Crippen LogP contribution in [0.1, 0.15) is 81.1 Å². The highest BCUT2D eigenvalue weighted by atomic mass is 16.8. The van der Waals surface area contributed by atoms with E-state index in [1.54, 1.807) is 13.8 Å². The summed E-state index contributed by atoms with van der Waals surface area (Å²) in [7, 11) is 0. The zero-order valence-electron chi connectivity index (χ0n) is 18.6. The lowest BCUT2D eigenvalue weighted by Gasteiger charge is -2.27. The summed E-state index contributed by atoms with van der Waals surface area (Å²) in [5, 5.41) is 0. The van der Waals surface area contributed by atoms with Gasteiger partial charge in [-0.2, -0.15) is 0 Å². The zero-order valence-corrected chi connectivity index (χ0v) is 18.6. The maximum absolute atomic E-state index is 5.67. The van der Waals surface area contributed by atoms with E-state index in [0.717, 1.165) is 25.7 Å². The smallest absolute Gasteiger partial charge is 0.161 e. The molecular weight excluding hydrogens is 352 g/mol. The molecule has 7 nitrogen and oxygen atoms in total. The van der Waals surface area contributed by atoms with Crippen LogP contribution in [-0.4, -0.2) is 51.0 Å². The molecule has 0 amide bonds. The van der Waals surface area contributed by atoms with E-state index in [-0.39, 0.29) is 12.6 Å². The van der Waals surface area contributed by atoms with Gasteiger partial charge in [0.05, 0.1) is 0 Å². The molecule has 27 heavy (non-hydrogen) atoms. The summed E-state index contributed by atoms with van der Waals surface area (Å²) in [6.07, 6.45) is 1.66. The van der Waals surface area contributed by atoms with E-state index < -0.39 is 25.2 Å². The molecule has 0 radical (unpaired) electrons. The molecule has 0 saturated heterocycles. The Morgan fingerprint density at radius 2 is 0.704 bits per heavy atom. The maximum Gasteiger partial charge on any atom is 0.161 e. The lowest BCUT2D eigenvalue weighted by Crippen LogP contribution is -2.32. The summed E-state index contributed by atoms with van der Waals surface area (Å²) in [5.41, 5.74) is 0. The third-order valence-corrected chi connectivity index (χ3v) is 3.62. The van der Waals surface area contributed by atoms with Gasteiger partial charge >= 0.3 is 0 Å². The van der Waals surface area contributed by atoms with Crippen LogP contribution in [0.5, 0.6) is 0 Å². The van der Waals surface area contributed by atoms with Gasteiger partial charge < -0.3 is 33.2 Å². The standard InChI is InChI=1S/C20H42O7/c1-9-11-13-21-15(3)23-17(5)25-19(7)27-20(8)26-18(6)24-16(4)22-14-12-10-2/h15-20H,9-14H2,1-8H3. The number of unbranched alkanes of at least 4 members (excludes halogenated alkanes) is 2. The molecule has 0 fully saturated rings. The molecule has 164 valence electrons. The minimum absolute atomic E-state index is 0.324. The first-order valence-electron chi connectivity index (χ1n) is 10.3. The molecule has 0 bridgehead atoms. The first-order chi connectivity index (χ1) is 12.8. The van der Waals surface area contributed by atoms with E-state index in [4.69, 9.17) is 33.2 Å². The summed E-state index contributed by atoms with van der Waals surface area (Å²) < 4.78 is 39.3. The van der Waals surface area contributed by atoms with Crippen molar-refractivity contribution >= 4 is 0 Å². The molecule has 0 N–H and O–H groups in total. The second kappa shape index (κ2) is 16.7. The zero-order chi connectivity index (χ0) is 20.7. The Morgan fingerprint density at radius 1 is 0.444 bits per heavy atom. The summed E-state index contributed by atoms with van der Waals surface area (Å²) >= 11 is 0. The minimum Gasteiger partial charge on any atom is -0.353 e. The van der Waals surface area contributed by atoms with Crippen LogP contribution in [0.15, 0.2) is 0 Å². The fourth-order valence-corrected chi connectivity index (χ4v) is 2.34. The van der Waals surface area contributed by atoms with Crippen LogP contribution in [-0.2, 0) is 33.2 Å². The Hall–Kier alpha value is -0.280. The van der Waals surface area contributed by atoms with Crippen molar-refractivity contribution in [2.45, 2.75) is 119 Å².